The second-order valence-electron chi connectivity index (χ2n) is 6.72. The molecule has 0 bridgehead atoms. The van der Waals surface area contributed by atoms with Crippen molar-refractivity contribution in [2.45, 2.75) is 34.7 Å². The van der Waals surface area contributed by atoms with E-state index < -0.39 is 55.0 Å². The van der Waals surface area contributed by atoms with Crippen LogP contribution in [0.1, 0.15) is 12.6 Å². The van der Waals surface area contributed by atoms with Gasteiger partial charge in [-0.05, 0) is 38.1 Å². The van der Waals surface area contributed by atoms with Gasteiger partial charge in [-0.2, -0.15) is 34.8 Å². The Labute approximate surface area is 382 Å². The second kappa shape index (κ2) is 23.7. The summed E-state index contributed by atoms with van der Waals surface area (Å²) >= 11 is 0. The number of hydrogen-bond acceptors (Lipinski definition) is 11. The van der Waals surface area contributed by atoms with E-state index >= 15 is 0 Å². The van der Waals surface area contributed by atoms with Crippen molar-refractivity contribution in [1.82, 2.24) is 0 Å². The van der Waals surface area contributed by atoms with E-state index in [4.69, 9.17) is 20.7 Å². The smallest absolute Gasteiger partial charge is 1.00 e. The summed E-state index contributed by atoms with van der Waals surface area (Å²) in [5, 5.41) is 12.1. The number of alkyl halides is 6. The fourth-order valence-corrected chi connectivity index (χ4v) is 4.59. The first-order chi connectivity index (χ1) is 18.1. The number of sulfonamides is 2. The third-order valence-electron chi connectivity index (χ3n) is 3.47. The topological polar surface area (TPSA) is 230 Å². The van der Waals surface area contributed by atoms with Gasteiger partial charge in [0.15, 0.2) is 0 Å². The summed E-state index contributed by atoms with van der Waals surface area (Å²) in [5.74, 6) is 0. The number of nitrogens with two attached hydrogens (primary N) is 1. The molecule has 1 unspecified atom stereocenters. The molecule has 2 aromatic rings. The molecule has 27 heteroatoms. The molecule has 0 saturated heterocycles. The zero-order chi connectivity index (χ0) is 33.1. The maximum Gasteiger partial charge on any atom is 1.00 e. The number of primary sulfonamides is 1. The first-order valence-electron chi connectivity index (χ1n) is 9.32. The summed E-state index contributed by atoms with van der Waals surface area (Å²) in [6, 6.07) is 10.9. The van der Waals surface area contributed by atoms with E-state index in [1.165, 1.54) is 24.3 Å². The van der Waals surface area contributed by atoms with Crippen LogP contribution in [0, 0.1) is 13.8 Å². The molecule has 238 valence electrons. The normalized spacial score (nSPS) is 12.5. The Morgan fingerprint density at radius 2 is 1.05 bits per heavy atom. The fourth-order valence-electron chi connectivity index (χ4n) is 1.63. The minimum Gasteiger partial charge on any atom is -1.00 e. The molecule has 1 atom stereocenters. The SMILES string of the molecule is Cc1ccc(S(=O)(=O)Cl)cc1.Cc1ccc(S(=O)(=O)N=S(=O)([O-])C(F)(F)F)cc1.NS(=O)(=O)C(F)(F)F.O=CO[O-].[H-].[K+].[K+].[K+]. The summed E-state index contributed by atoms with van der Waals surface area (Å²) in [5.41, 5.74) is -9.39. The molecule has 0 aliphatic rings. The van der Waals surface area contributed by atoms with Crippen LogP contribution in [0.2, 0.25) is 0 Å². The van der Waals surface area contributed by atoms with E-state index in [0.717, 1.165) is 17.7 Å². The fraction of sp³-hybridized carbons (Fsp3) is 0.235. The van der Waals surface area contributed by atoms with Gasteiger partial charge in [-0.1, -0.05) is 35.4 Å². The van der Waals surface area contributed by atoms with E-state index in [0.29, 0.717) is 5.56 Å². The zero-order valence-corrected chi connectivity index (χ0v) is 36.4. The van der Waals surface area contributed by atoms with Crippen LogP contribution in [0.4, 0.5) is 26.3 Å². The van der Waals surface area contributed by atoms with E-state index in [2.05, 4.69) is 10.0 Å². The maximum atomic E-state index is 12.0. The molecule has 13 nitrogen and oxygen atoms in total. The van der Waals surface area contributed by atoms with Gasteiger partial charge in [0.25, 0.3) is 25.5 Å². The summed E-state index contributed by atoms with van der Waals surface area (Å²) < 4.78 is 154. The standard InChI is InChI=1S/C8H8F3NO4S2.C7H7ClO2S.CH2F3NO2S.CH2O3.3K.H/c1-6-2-4-7(5-3-6)17(13,14)12-18(15,16)8(9,10)11;1-6-2-4-7(5-3-6)11(8,9)10;2-1(3,4)8(5,6)7;2-1-4-3;;;;/h2-5H,1H3,(H,12,15,16);2-5H,1H3;(H2,5,6,7);1,3H;;;;/q;;;;3*+1;-1/p-2. The largest absolute Gasteiger partial charge is 1.00 e. The van der Waals surface area contributed by atoms with Crippen molar-refractivity contribution >= 4 is 56.3 Å². The van der Waals surface area contributed by atoms with E-state index in [1.54, 1.807) is 19.1 Å². The van der Waals surface area contributed by atoms with E-state index in [1.807, 2.05) is 10.7 Å². The zero-order valence-electron chi connectivity index (χ0n) is 24.0. The van der Waals surface area contributed by atoms with Crippen molar-refractivity contribution < 1.29 is 231 Å². The molecular weight excluding hydrogens is 803 g/mol. The molecule has 0 heterocycles. The first kappa shape index (κ1) is 55.8. The van der Waals surface area contributed by atoms with Gasteiger partial charge >= 0.3 is 175 Å². The molecule has 2 aromatic carbocycles. The van der Waals surface area contributed by atoms with Crippen molar-refractivity contribution in [2.75, 3.05) is 0 Å². The third kappa shape index (κ3) is 23.7. The van der Waals surface area contributed by atoms with Crippen LogP contribution in [0.3, 0.4) is 0 Å². The molecule has 2 N–H and O–H groups in total. The number of rotatable bonds is 4. The Hall–Kier alpha value is 2.37. The van der Waals surface area contributed by atoms with Crippen LogP contribution in [0.25, 0.3) is 0 Å². The average Bonchev–Trinajstić information content (AvgIpc) is 2.77. The molecule has 0 aliphatic carbocycles. The van der Waals surface area contributed by atoms with Gasteiger partial charge in [0.2, 0.25) is 0 Å². The molecule has 0 fully saturated rings. The predicted octanol–water partition coefficient (Wildman–Crippen LogP) is -6.92. The van der Waals surface area contributed by atoms with Gasteiger partial charge in [-0.3, -0.25) is 9.00 Å². The van der Waals surface area contributed by atoms with Crippen LogP contribution < -0.4 is 165 Å². The van der Waals surface area contributed by atoms with Crippen LogP contribution in [0.15, 0.2) is 62.1 Å². The minimum atomic E-state index is -6.08. The predicted molar refractivity (Wildman–Crippen MR) is 127 cm³/mol. The number of hydrogen-bond donors (Lipinski definition) is 1. The van der Waals surface area contributed by atoms with Gasteiger partial charge in [0.05, 0.1) is 9.79 Å². The Balaban J connectivity index is -0.000000122. The minimum absolute atomic E-state index is 0. The Morgan fingerprint density at radius 1 is 0.773 bits per heavy atom. The van der Waals surface area contributed by atoms with Gasteiger partial charge in [0, 0.05) is 10.7 Å². The molecule has 0 radical (unpaired) electrons. The van der Waals surface area contributed by atoms with Gasteiger partial charge < -0.3 is 16.1 Å². The molecule has 0 aromatic heterocycles. The Kier molecular flexibility index (Phi) is 30.1. The van der Waals surface area contributed by atoms with Crippen molar-refractivity contribution in [3.63, 3.8) is 0 Å². The number of carbonyl (C=O) groups excluding carboxylic acids is 1. The summed E-state index contributed by atoms with van der Waals surface area (Å²) in [4.78, 5) is 10.8. The molecule has 0 spiro atoms. The van der Waals surface area contributed by atoms with E-state index in [9.17, 15) is 60.4 Å². The Bertz CT molecular complexity index is 1610. The molecule has 0 amide bonds. The average molecular weight is 821 g/mol. The van der Waals surface area contributed by atoms with Crippen molar-refractivity contribution in [1.29, 1.82) is 0 Å². The van der Waals surface area contributed by atoms with E-state index in [-0.39, 0.29) is 167 Å². The van der Waals surface area contributed by atoms with Crippen LogP contribution in [-0.4, -0.2) is 51.5 Å². The van der Waals surface area contributed by atoms with Crippen LogP contribution in [-0.2, 0) is 48.8 Å². The number of carbonyl (C=O) groups is 1. The van der Waals surface area contributed by atoms with Gasteiger partial charge in [0.1, 0.15) is 10.0 Å². The molecular formula is C17H18ClF6K3N2O11S4. The van der Waals surface area contributed by atoms with Crippen LogP contribution >= 0.6 is 10.7 Å². The van der Waals surface area contributed by atoms with Crippen molar-refractivity contribution in [2.24, 2.45) is 8.91 Å². The van der Waals surface area contributed by atoms with Gasteiger partial charge in [-0.25, -0.2) is 22.0 Å². The van der Waals surface area contributed by atoms with Gasteiger partial charge in [-0.15, -0.1) is 3.77 Å². The first-order valence-corrected chi connectivity index (χ1v) is 16.1. The monoisotopic (exact) mass is 820 g/mol. The summed E-state index contributed by atoms with van der Waals surface area (Å²) in [6.07, 6.45) is 0. The van der Waals surface area contributed by atoms with Crippen LogP contribution in [0.5, 0.6) is 0 Å². The number of aryl methyl sites for hydroxylation is 2. The summed E-state index contributed by atoms with van der Waals surface area (Å²) in [6.45, 7) is 3.32. The third-order valence-corrected chi connectivity index (χ3v) is 8.51. The maximum absolute atomic E-state index is 12.0. The molecule has 44 heavy (non-hydrogen) atoms. The second-order valence-corrected chi connectivity index (χ2v) is 14.3. The molecule has 2 rings (SSSR count). The summed E-state index contributed by atoms with van der Waals surface area (Å²) in [7, 11) is -14.8. The number of halogens is 7. The number of nitrogens with zero attached hydrogens (tertiary/aromatic N) is 1. The molecule has 0 aliphatic heterocycles. The molecule has 0 saturated carbocycles. The quantitative estimate of drug-likeness (QED) is 0.0761. The van der Waals surface area contributed by atoms with Crippen molar-refractivity contribution in [3.05, 3.63) is 59.7 Å². The van der Waals surface area contributed by atoms with Crippen molar-refractivity contribution in [3.8, 4) is 0 Å². The number of benzene rings is 2. The Morgan fingerprint density at radius 3 is 1.25 bits per heavy atom.